The highest BCUT2D eigenvalue weighted by Gasteiger charge is 2.17. The molecule has 0 aromatic carbocycles. The first-order valence-corrected chi connectivity index (χ1v) is 4.09. The standard InChI is InChI=1S/C9H18N2O.ClH/c1-6-9(12)10-7-8(2)11(3,4)5;/h6,8H,1,7H2,2-5H3;1H. The topological polar surface area (TPSA) is 29.1 Å². The van der Waals surface area contributed by atoms with Crippen molar-refractivity contribution in [3.05, 3.63) is 12.7 Å². The lowest BCUT2D eigenvalue weighted by molar-refractivity contribution is -0.892. The van der Waals surface area contributed by atoms with Gasteiger partial charge in [0.2, 0.25) is 5.91 Å². The molecule has 1 atom stereocenters. The molecule has 0 aliphatic carbocycles. The fourth-order valence-corrected chi connectivity index (χ4v) is 0.594. The fraction of sp³-hybridized carbons (Fsp3) is 0.667. The van der Waals surface area contributed by atoms with Gasteiger partial charge in [0.15, 0.2) is 0 Å². The van der Waals surface area contributed by atoms with Crippen molar-refractivity contribution >= 4 is 5.91 Å². The predicted octanol–water partition coefficient (Wildman–Crippen LogP) is -2.61. The summed E-state index contributed by atoms with van der Waals surface area (Å²) < 4.78 is 0.845. The fourth-order valence-electron chi connectivity index (χ4n) is 0.594. The summed E-state index contributed by atoms with van der Waals surface area (Å²) in [5, 5.41) is 2.77. The van der Waals surface area contributed by atoms with Gasteiger partial charge < -0.3 is 22.2 Å². The van der Waals surface area contributed by atoms with Crippen molar-refractivity contribution in [3.8, 4) is 0 Å². The molecule has 0 spiro atoms. The van der Waals surface area contributed by atoms with E-state index in [4.69, 9.17) is 0 Å². The maximum Gasteiger partial charge on any atom is 0.243 e. The van der Waals surface area contributed by atoms with Crippen LogP contribution in [0.1, 0.15) is 6.92 Å². The summed E-state index contributed by atoms with van der Waals surface area (Å²) in [6.45, 7) is 6.17. The molecule has 0 saturated carbocycles. The molecule has 3 nitrogen and oxygen atoms in total. The molecule has 0 aliphatic rings. The largest absolute Gasteiger partial charge is 1.00 e. The molecule has 0 fully saturated rings. The van der Waals surface area contributed by atoms with E-state index in [-0.39, 0.29) is 18.3 Å². The SMILES string of the molecule is C=CC(=O)NCC(C)[N+](C)(C)C.[Cl-]. The van der Waals surface area contributed by atoms with Gasteiger partial charge in [-0.05, 0) is 13.0 Å². The molecule has 4 heteroatoms. The quantitative estimate of drug-likeness (QED) is 0.397. The summed E-state index contributed by atoms with van der Waals surface area (Å²) in [7, 11) is 6.31. The zero-order chi connectivity index (χ0) is 9.78. The molecule has 0 aliphatic heterocycles. The van der Waals surface area contributed by atoms with Gasteiger partial charge in [0.1, 0.15) is 6.04 Å². The smallest absolute Gasteiger partial charge is 0.243 e. The number of amides is 1. The Labute approximate surface area is 86.8 Å². The van der Waals surface area contributed by atoms with Gasteiger partial charge in [0.25, 0.3) is 0 Å². The van der Waals surface area contributed by atoms with E-state index < -0.39 is 0 Å². The van der Waals surface area contributed by atoms with Crippen molar-refractivity contribution in [1.82, 2.24) is 5.32 Å². The zero-order valence-corrected chi connectivity index (χ0v) is 9.56. The van der Waals surface area contributed by atoms with E-state index in [1.54, 1.807) is 0 Å². The first-order chi connectivity index (χ1) is 5.38. The Balaban J connectivity index is 0. The minimum atomic E-state index is -0.102. The summed E-state index contributed by atoms with van der Waals surface area (Å²) in [4.78, 5) is 10.8. The Kier molecular flexibility index (Phi) is 6.90. The van der Waals surface area contributed by atoms with Crippen LogP contribution < -0.4 is 17.7 Å². The Morgan fingerprint density at radius 3 is 2.31 bits per heavy atom. The average molecular weight is 207 g/mol. The summed E-state index contributed by atoms with van der Waals surface area (Å²) >= 11 is 0. The second-order valence-corrected chi connectivity index (χ2v) is 3.91. The highest BCUT2D eigenvalue weighted by Crippen LogP contribution is 1.99. The van der Waals surface area contributed by atoms with Crippen LogP contribution in [0.3, 0.4) is 0 Å². The van der Waals surface area contributed by atoms with Crippen LogP contribution in [0, 0.1) is 0 Å². The van der Waals surface area contributed by atoms with Crippen LogP contribution in [0.25, 0.3) is 0 Å². The highest BCUT2D eigenvalue weighted by atomic mass is 35.5. The summed E-state index contributed by atoms with van der Waals surface area (Å²) in [6.07, 6.45) is 1.29. The zero-order valence-electron chi connectivity index (χ0n) is 8.80. The molecule has 1 unspecified atom stereocenters. The molecule has 0 radical (unpaired) electrons. The first-order valence-electron chi connectivity index (χ1n) is 4.09. The second kappa shape index (κ2) is 6.00. The Bertz CT molecular complexity index is 175. The molecule has 0 heterocycles. The molecular formula is C9H19ClN2O. The summed E-state index contributed by atoms with van der Waals surface area (Å²) in [5.41, 5.74) is 0. The number of nitrogens with zero attached hydrogens (tertiary/aromatic N) is 1. The number of carbonyl (C=O) groups excluding carboxylic acids is 1. The molecule has 78 valence electrons. The minimum absolute atomic E-state index is 0. The maximum absolute atomic E-state index is 10.8. The number of hydrogen-bond acceptors (Lipinski definition) is 1. The number of likely N-dealkylation sites (N-methyl/N-ethyl adjacent to an activating group) is 1. The number of carbonyl (C=O) groups is 1. The molecule has 0 saturated heterocycles. The van der Waals surface area contributed by atoms with Gasteiger partial charge in [-0.1, -0.05) is 6.58 Å². The van der Waals surface area contributed by atoms with Crippen LogP contribution in [0.5, 0.6) is 0 Å². The normalized spacial score (nSPS) is 12.6. The van der Waals surface area contributed by atoms with Gasteiger partial charge in [-0.25, -0.2) is 0 Å². The molecule has 1 N–H and O–H groups in total. The number of nitrogens with one attached hydrogen (secondary N) is 1. The molecule has 0 bridgehead atoms. The van der Waals surface area contributed by atoms with Crippen molar-refractivity contribution in [1.29, 1.82) is 0 Å². The van der Waals surface area contributed by atoms with Gasteiger partial charge >= 0.3 is 0 Å². The van der Waals surface area contributed by atoms with E-state index in [1.165, 1.54) is 6.08 Å². The average Bonchev–Trinajstić information content (AvgIpc) is 1.97. The molecule has 0 rings (SSSR count). The van der Waals surface area contributed by atoms with Crippen molar-refractivity contribution in [2.24, 2.45) is 0 Å². The van der Waals surface area contributed by atoms with Gasteiger partial charge in [0, 0.05) is 0 Å². The van der Waals surface area contributed by atoms with E-state index in [0.717, 1.165) is 4.48 Å². The highest BCUT2D eigenvalue weighted by molar-refractivity contribution is 5.86. The second-order valence-electron chi connectivity index (χ2n) is 3.91. The van der Waals surface area contributed by atoms with Gasteiger partial charge in [-0.2, -0.15) is 0 Å². The van der Waals surface area contributed by atoms with E-state index in [0.29, 0.717) is 12.6 Å². The summed E-state index contributed by atoms with van der Waals surface area (Å²) in [5.74, 6) is -0.102. The van der Waals surface area contributed by atoms with Crippen molar-refractivity contribution in [3.63, 3.8) is 0 Å². The van der Waals surface area contributed by atoms with Crippen LogP contribution in [0.15, 0.2) is 12.7 Å². The Hall–Kier alpha value is -0.540. The molecule has 13 heavy (non-hydrogen) atoms. The summed E-state index contributed by atoms with van der Waals surface area (Å²) in [6, 6.07) is 0.411. The molecular weight excluding hydrogens is 188 g/mol. The monoisotopic (exact) mass is 206 g/mol. The predicted molar refractivity (Wildman–Crippen MR) is 50.7 cm³/mol. The van der Waals surface area contributed by atoms with E-state index in [1.807, 2.05) is 0 Å². The molecule has 0 aromatic rings. The van der Waals surface area contributed by atoms with Gasteiger partial charge in [-0.15, -0.1) is 0 Å². The van der Waals surface area contributed by atoms with Crippen LogP contribution in [0.4, 0.5) is 0 Å². The van der Waals surface area contributed by atoms with Crippen molar-refractivity contribution < 1.29 is 21.7 Å². The van der Waals surface area contributed by atoms with Crippen molar-refractivity contribution in [2.45, 2.75) is 13.0 Å². The Morgan fingerprint density at radius 1 is 1.54 bits per heavy atom. The lowest BCUT2D eigenvalue weighted by Crippen LogP contribution is -3.00. The third-order valence-electron chi connectivity index (χ3n) is 2.08. The van der Waals surface area contributed by atoms with Crippen LogP contribution in [-0.2, 0) is 4.79 Å². The van der Waals surface area contributed by atoms with Crippen LogP contribution in [-0.4, -0.2) is 44.1 Å². The van der Waals surface area contributed by atoms with E-state index in [9.17, 15) is 4.79 Å². The number of rotatable bonds is 4. The van der Waals surface area contributed by atoms with Crippen LogP contribution in [0.2, 0.25) is 0 Å². The minimum Gasteiger partial charge on any atom is -1.00 e. The van der Waals surface area contributed by atoms with Gasteiger partial charge in [0.05, 0.1) is 27.7 Å². The number of halogens is 1. The van der Waals surface area contributed by atoms with E-state index >= 15 is 0 Å². The molecule has 0 aromatic heterocycles. The van der Waals surface area contributed by atoms with Gasteiger partial charge in [-0.3, -0.25) is 4.79 Å². The lowest BCUT2D eigenvalue weighted by atomic mass is 10.2. The van der Waals surface area contributed by atoms with E-state index in [2.05, 4.69) is 40.0 Å². The number of hydrogen-bond donors (Lipinski definition) is 1. The first kappa shape index (κ1) is 15.0. The Morgan fingerprint density at radius 2 is 2.00 bits per heavy atom. The maximum atomic E-state index is 10.8. The van der Waals surface area contributed by atoms with Crippen molar-refractivity contribution in [2.75, 3.05) is 27.7 Å². The third-order valence-corrected chi connectivity index (χ3v) is 2.08. The third kappa shape index (κ3) is 6.61. The number of quaternary nitrogens is 1. The lowest BCUT2D eigenvalue weighted by Gasteiger charge is -2.31. The molecule has 1 amide bonds. The van der Waals surface area contributed by atoms with Crippen LogP contribution >= 0.6 is 0 Å².